The fraction of sp³-hybridized carbons (Fsp3) is 0.423. The number of methoxy groups -OCH3 is 1. The quantitative estimate of drug-likeness (QED) is 0.494. The summed E-state index contributed by atoms with van der Waals surface area (Å²) >= 11 is 0. The summed E-state index contributed by atoms with van der Waals surface area (Å²) in [6.45, 7) is 2.63. The molecule has 4 rings (SSSR count). The van der Waals surface area contributed by atoms with E-state index in [2.05, 4.69) is 52.1 Å². The van der Waals surface area contributed by atoms with Crippen molar-refractivity contribution < 1.29 is 9.53 Å². The van der Waals surface area contributed by atoms with Crippen LogP contribution in [-0.4, -0.2) is 36.6 Å². The monoisotopic (exact) mass is 419 g/mol. The number of para-hydroxylation sites is 1. The molecule has 1 aliphatic carbocycles. The van der Waals surface area contributed by atoms with Gasteiger partial charge in [-0.25, -0.2) is 0 Å². The Balaban J connectivity index is 1.51. The number of hydrogen-bond acceptors (Lipinski definition) is 3. The Bertz CT molecular complexity index is 989. The first-order valence-electron chi connectivity index (χ1n) is 11.4. The highest BCUT2D eigenvalue weighted by atomic mass is 16.5. The number of fused-ring (bicyclic) bond motifs is 1. The minimum absolute atomic E-state index is 0.0966. The van der Waals surface area contributed by atoms with Gasteiger partial charge in [-0.15, -0.1) is 0 Å². The van der Waals surface area contributed by atoms with Gasteiger partial charge in [0.25, 0.3) is 0 Å². The molecule has 0 saturated heterocycles. The molecule has 3 N–H and O–H groups in total. The molecule has 31 heavy (non-hydrogen) atoms. The SMILES string of the molecule is COc1ccc([C@H](CN[C@H](C)C(=O)NC2CCCCC2)c2c[nH]c3ccccc23)cc1. The molecule has 2 atom stereocenters. The molecule has 1 fully saturated rings. The smallest absolute Gasteiger partial charge is 0.237 e. The lowest BCUT2D eigenvalue weighted by atomic mass is 9.90. The molecule has 164 valence electrons. The molecule has 0 aliphatic heterocycles. The predicted octanol–water partition coefficient (Wildman–Crippen LogP) is 4.74. The normalized spacial score (nSPS) is 16.7. The first-order chi connectivity index (χ1) is 15.2. The maximum Gasteiger partial charge on any atom is 0.237 e. The van der Waals surface area contributed by atoms with E-state index in [9.17, 15) is 4.79 Å². The number of amides is 1. The van der Waals surface area contributed by atoms with E-state index < -0.39 is 0 Å². The van der Waals surface area contributed by atoms with E-state index in [0.717, 1.165) is 24.1 Å². The molecule has 2 aromatic carbocycles. The average Bonchev–Trinajstić information content (AvgIpc) is 3.24. The maximum atomic E-state index is 12.7. The molecular weight excluding hydrogens is 386 g/mol. The molecule has 5 heteroatoms. The fourth-order valence-corrected chi connectivity index (χ4v) is 4.59. The Labute approximate surface area is 184 Å². The summed E-state index contributed by atoms with van der Waals surface area (Å²) in [7, 11) is 1.68. The van der Waals surface area contributed by atoms with E-state index in [1.54, 1.807) is 7.11 Å². The largest absolute Gasteiger partial charge is 0.497 e. The Hall–Kier alpha value is -2.79. The number of aromatic amines is 1. The van der Waals surface area contributed by atoms with Crippen molar-refractivity contribution >= 4 is 16.8 Å². The number of H-pyrrole nitrogens is 1. The molecular formula is C26H33N3O2. The zero-order chi connectivity index (χ0) is 21.6. The van der Waals surface area contributed by atoms with E-state index in [-0.39, 0.29) is 17.9 Å². The van der Waals surface area contributed by atoms with E-state index in [0.29, 0.717) is 12.6 Å². The highest BCUT2D eigenvalue weighted by Gasteiger charge is 2.23. The molecule has 5 nitrogen and oxygen atoms in total. The zero-order valence-electron chi connectivity index (χ0n) is 18.5. The molecule has 1 heterocycles. The summed E-state index contributed by atoms with van der Waals surface area (Å²) in [5.74, 6) is 1.06. The van der Waals surface area contributed by atoms with Crippen LogP contribution in [-0.2, 0) is 4.79 Å². The van der Waals surface area contributed by atoms with E-state index in [4.69, 9.17) is 4.74 Å². The second-order valence-electron chi connectivity index (χ2n) is 8.59. The summed E-state index contributed by atoms with van der Waals surface area (Å²) in [5.41, 5.74) is 3.55. The molecule has 0 bridgehead atoms. The average molecular weight is 420 g/mol. The van der Waals surface area contributed by atoms with Gasteiger partial charge >= 0.3 is 0 Å². The van der Waals surface area contributed by atoms with Crippen molar-refractivity contribution in [3.8, 4) is 5.75 Å². The number of carbonyl (C=O) groups is 1. The van der Waals surface area contributed by atoms with Crippen molar-refractivity contribution in [2.24, 2.45) is 0 Å². The Morgan fingerprint density at radius 1 is 1.10 bits per heavy atom. The van der Waals surface area contributed by atoms with Crippen molar-refractivity contribution in [2.45, 2.75) is 57.0 Å². The van der Waals surface area contributed by atoms with Gasteiger partial charge in [0.15, 0.2) is 0 Å². The third-order valence-electron chi connectivity index (χ3n) is 6.49. The lowest BCUT2D eigenvalue weighted by molar-refractivity contribution is -0.123. The van der Waals surface area contributed by atoms with Crippen LogP contribution in [0.25, 0.3) is 10.9 Å². The number of rotatable bonds is 8. The number of ether oxygens (including phenoxy) is 1. The molecule has 1 aliphatic rings. The topological polar surface area (TPSA) is 66.2 Å². The molecule has 0 unspecified atom stereocenters. The lowest BCUT2D eigenvalue weighted by Gasteiger charge is -2.26. The number of carbonyl (C=O) groups excluding carboxylic acids is 1. The van der Waals surface area contributed by atoms with Crippen LogP contribution in [0.3, 0.4) is 0 Å². The van der Waals surface area contributed by atoms with E-state index in [1.807, 2.05) is 25.1 Å². The highest BCUT2D eigenvalue weighted by Crippen LogP contribution is 2.31. The fourth-order valence-electron chi connectivity index (χ4n) is 4.59. The number of aromatic nitrogens is 1. The standard InChI is InChI=1S/C26H33N3O2/c1-18(26(30)29-20-8-4-3-5-9-20)27-16-23(19-12-14-21(31-2)15-13-19)24-17-28-25-11-7-6-10-22(24)25/h6-7,10-15,17-18,20,23,27-28H,3-5,8-9,16H2,1-2H3,(H,29,30)/t18-,23+/m1/s1. The Morgan fingerprint density at radius 2 is 1.84 bits per heavy atom. The van der Waals surface area contributed by atoms with Crippen LogP contribution in [0.1, 0.15) is 56.1 Å². The van der Waals surface area contributed by atoms with Crippen molar-refractivity contribution in [2.75, 3.05) is 13.7 Å². The number of benzene rings is 2. The summed E-state index contributed by atoms with van der Waals surface area (Å²) in [5, 5.41) is 7.94. The van der Waals surface area contributed by atoms with Gasteiger partial charge < -0.3 is 20.4 Å². The molecule has 3 aromatic rings. The van der Waals surface area contributed by atoms with Crippen molar-refractivity contribution in [3.63, 3.8) is 0 Å². The van der Waals surface area contributed by atoms with E-state index in [1.165, 1.54) is 35.8 Å². The molecule has 1 aromatic heterocycles. The zero-order valence-corrected chi connectivity index (χ0v) is 18.5. The van der Waals surface area contributed by atoms with Gasteiger partial charge in [-0.1, -0.05) is 49.6 Å². The Kier molecular flexibility index (Phi) is 6.92. The van der Waals surface area contributed by atoms with Crippen LogP contribution in [0.4, 0.5) is 0 Å². The first-order valence-corrected chi connectivity index (χ1v) is 11.4. The van der Waals surface area contributed by atoms with Gasteiger partial charge in [-0.2, -0.15) is 0 Å². The molecule has 1 saturated carbocycles. The third kappa shape index (κ3) is 5.10. The van der Waals surface area contributed by atoms with Crippen molar-refractivity contribution in [3.05, 3.63) is 65.9 Å². The van der Waals surface area contributed by atoms with Gasteiger partial charge in [-0.3, -0.25) is 4.79 Å². The summed E-state index contributed by atoms with van der Waals surface area (Å²) in [6.07, 6.45) is 8.01. The summed E-state index contributed by atoms with van der Waals surface area (Å²) in [4.78, 5) is 16.1. The summed E-state index contributed by atoms with van der Waals surface area (Å²) in [6, 6.07) is 16.7. The van der Waals surface area contributed by atoms with E-state index >= 15 is 0 Å². The summed E-state index contributed by atoms with van der Waals surface area (Å²) < 4.78 is 5.34. The van der Waals surface area contributed by atoms with Gasteiger partial charge in [0.05, 0.1) is 13.2 Å². The second kappa shape index (κ2) is 10.0. The van der Waals surface area contributed by atoms with Crippen molar-refractivity contribution in [1.29, 1.82) is 0 Å². The third-order valence-corrected chi connectivity index (χ3v) is 6.49. The molecule has 1 amide bonds. The van der Waals surface area contributed by atoms with Gasteiger partial charge in [-0.05, 0) is 49.1 Å². The maximum absolute atomic E-state index is 12.7. The van der Waals surface area contributed by atoms with Crippen LogP contribution < -0.4 is 15.4 Å². The predicted molar refractivity (Wildman–Crippen MR) is 126 cm³/mol. The van der Waals surface area contributed by atoms with Gasteiger partial charge in [0.2, 0.25) is 5.91 Å². The molecule has 0 spiro atoms. The van der Waals surface area contributed by atoms with Crippen LogP contribution in [0.5, 0.6) is 5.75 Å². The highest BCUT2D eigenvalue weighted by molar-refractivity contribution is 5.84. The number of nitrogens with one attached hydrogen (secondary N) is 3. The van der Waals surface area contributed by atoms with Gasteiger partial charge in [0, 0.05) is 35.6 Å². The lowest BCUT2D eigenvalue weighted by Crippen LogP contribution is -2.47. The van der Waals surface area contributed by atoms with Crippen LogP contribution >= 0.6 is 0 Å². The van der Waals surface area contributed by atoms with Gasteiger partial charge in [0.1, 0.15) is 5.75 Å². The second-order valence-corrected chi connectivity index (χ2v) is 8.59. The first kappa shape index (κ1) is 21.4. The van der Waals surface area contributed by atoms with Crippen molar-refractivity contribution in [1.82, 2.24) is 15.6 Å². The number of hydrogen-bond donors (Lipinski definition) is 3. The minimum atomic E-state index is -0.243. The Morgan fingerprint density at radius 3 is 2.58 bits per heavy atom. The van der Waals surface area contributed by atoms with Crippen LogP contribution in [0, 0.1) is 0 Å². The minimum Gasteiger partial charge on any atom is -0.497 e. The van der Waals surface area contributed by atoms with Crippen LogP contribution in [0.2, 0.25) is 0 Å². The van der Waals surface area contributed by atoms with Crippen LogP contribution in [0.15, 0.2) is 54.7 Å². The molecule has 0 radical (unpaired) electrons.